The van der Waals surface area contributed by atoms with Crippen LogP contribution in [-0.4, -0.2) is 29.8 Å². The Morgan fingerprint density at radius 2 is 1.89 bits per heavy atom. The van der Waals surface area contributed by atoms with E-state index in [0.29, 0.717) is 6.54 Å². The maximum atomic E-state index is 10.8. The molecule has 19 heavy (non-hydrogen) atoms. The Morgan fingerprint density at radius 1 is 1.26 bits per heavy atom. The number of carboxylic acids is 1. The van der Waals surface area contributed by atoms with Crippen molar-refractivity contribution in [3.63, 3.8) is 0 Å². The molecule has 0 bridgehead atoms. The van der Waals surface area contributed by atoms with Crippen molar-refractivity contribution in [3.05, 3.63) is 24.3 Å². The third kappa shape index (κ3) is 4.81. The van der Waals surface area contributed by atoms with E-state index in [2.05, 4.69) is 4.90 Å². The molecule has 0 radical (unpaired) electrons. The molecule has 0 amide bonds. The smallest absolute Gasteiger partial charge is 0.305 e. The Balaban J connectivity index is 2.97. The average molecular weight is 265 g/mol. The number of benzene rings is 1. The van der Waals surface area contributed by atoms with Gasteiger partial charge in [0.25, 0.3) is 0 Å². The van der Waals surface area contributed by atoms with Crippen LogP contribution < -0.4 is 9.64 Å². The van der Waals surface area contributed by atoms with Gasteiger partial charge in [0.15, 0.2) is 0 Å². The number of hydrogen-bond donors (Lipinski definition) is 1. The van der Waals surface area contributed by atoms with Crippen molar-refractivity contribution in [1.82, 2.24) is 0 Å². The van der Waals surface area contributed by atoms with Crippen molar-refractivity contribution in [2.24, 2.45) is 0 Å². The second kappa shape index (κ2) is 7.02. The van der Waals surface area contributed by atoms with Crippen LogP contribution in [0.1, 0.15) is 34.1 Å². The molecule has 4 nitrogen and oxygen atoms in total. The highest BCUT2D eigenvalue weighted by atomic mass is 16.5. The van der Waals surface area contributed by atoms with E-state index in [1.54, 1.807) is 0 Å². The number of aliphatic carboxylic acids is 1. The number of para-hydroxylation sites is 2. The lowest BCUT2D eigenvalue weighted by atomic mass is 10.2. The Labute approximate surface area is 115 Å². The first kappa shape index (κ1) is 15.3. The standard InChI is InChI=1S/C15H23NO3/c1-11(2)16(10-9-15(17)18)13-7-5-6-8-14(13)19-12(3)4/h5-8,11-12H,9-10H2,1-4H3,(H,17,18). The highest BCUT2D eigenvalue weighted by Crippen LogP contribution is 2.30. The summed E-state index contributed by atoms with van der Waals surface area (Å²) < 4.78 is 5.79. The molecule has 0 aromatic heterocycles. The third-order valence-corrected chi connectivity index (χ3v) is 2.73. The van der Waals surface area contributed by atoms with E-state index in [4.69, 9.17) is 9.84 Å². The second-order valence-corrected chi connectivity index (χ2v) is 5.07. The molecule has 1 rings (SSSR count). The van der Waals surface area contributed by atoms with Gasteiger partial charge in [-0.3, -0.25) is 4.79 Å². The van der Waals surface area contributed by atoms with E-state index >= 15 is 0 Å². The molecule has 0 aliphatic heterocycles. The van der Waals surface area contributed by atoms with Crippen molar-refractivity contribution in [2.75, 3.05) is 11.4 Å². The van der Waals surface area contributed by atoms with Crippen LogP contribution in [0.2, 0.25) is 0 Å². The molecule has 4 heteroatoms. The van der Waals surface area contributed by atoms with E-state index in [-0.39, 0.29) is 18.6 Å². The van der Waals surface area contributed by atoms with E-state index in [9.17, 15) is 4.79 Å². The predicted octanol–water partition coefficient (Wildman–Crippen LogP) is 3.16. The lowest BCUT2D eigenvalue weighted by Crippen LogP contribution is -2.33. The molecular weight excluding hydrogens is 242 g/mol. The monoisotopic (exact) mass is 265 g/mol. The predicted molar refractivity (Wildman–Crippen MR) is 76.9 cm³/mol. The van der Waals surface area contributed by atoms with Gasteiger partial charge < -0.3 is 14.7 Å². The number of hydrogen-bond acceptors (Lipinski definition) is 3. The summed E-state index contributed by atoms with van der Waals surface area (Å²) in [4.78, 5) is 12.8. The van der Waals surface area contributed by atoms with E-state index < -0.39 is 5.97 Å². The summed E-state index contributed by atoms with van der Waals surface area (Å²) in [7, 11) is 0. The van der Waals surface area contributed by atoms with Gasteiger partial charge in [0.2, 0.25) is 0 Å². The minimum atomic E-state index is -0.784. The summed E-state index contributed by atoms with van der Waals surface area (Å²) in [6, 6.07) is 7.98. The Bertz CT molecular complexity index is 416. The molecule has 0 unspecified atom stereocenters. The molecule has 1 aromatic rings. The van der Waals surface area contributed by atoms with Crippen molar-refractivity contribution in [3.8, 4) is 5.75 Å². The Hall–Kier alpha value is -1.71. The molecule has 0 aliphatic carbocycles. The number of ether oxygens (including phenoxy) is 1. The first-order valence-electron chi connectivity index (χ1n) is 6.66. The summed E-state index contributed by atoms with van der Waals surface area (Å²) in [5.41, 5.74) is 0.951. The molecule has 0 aliphatic rings. The third-order valence-electron chi connectivity index (χ3n) is 2.73. The SMILES string of the molecule is CC(C)Oc1ccccc1N(CCC(=O)O)C(C)C. The molecule has 106 valence electrons. The maximum Gasteiger partial charge on any atom is 0.305 e. The van der Waals surface area contributed by atoms with Gasteiger partial charge in [0, 0.05) is 12.6 Å². The van der Waals surface area contributed by atoms with Crippen molar-refractivity contribution in [2.45, 2.75) is 46.3 Å². The van der Waals surface area contributed by atoms with Crippen LogP contribution in [0.15, 0.2) is 24.3 Å². The van der Waals surface area contributed by atoms with Crippen LogP contribution in [0, 0.1) is 0 Å². The number of carbonyl (C=O) groups is 1. The summed E-state index contributed by atoms with van der Waals surface area (Å²) in [6.45, 7) is 8.54. The molecule has 1 aromatic carbocycles. The minimum Gasteiger partial charge on any atom is -0.489 e. The molecule has 0 atom stereocenters. The first-order chi connectivity index (χ1) is 8.91. The summed E-state index contributed by atoms with van der Waals surface area (Å²) in [5.74, 6) is 0.0181. The lowest BCUT2D eigenvalue weighted by Gasteiger charge is -2.30. The largest absolute Gasteiger partial charge is 0.489 e. The van der Waals surface area contributed by atoms with E-state index in [0.717, 1.165) is 11.4 Å². The van der Waals surface area contributed by atoms with Gasteiger partial charge in [-0.25, -0.2) is 0 Å². The normalized spacial score (nSPS) is 10.8. The highest BCUT2D eigenvalue weighted by Gasteiger charge is 2.16. The second-order valence-electron chi connectivity index (χ2n) is 5.07. The Morgan fingerprint density at radius 3 is 2.42 bits per heavy atom. The van der Waals surface area contributed by atoms with Crippen molar-refractivity contribution in [1.29, 1.82) is 0 Å². The van der Waals surface area contributed by atoms with Crippen molar-refractivity contribution >= 4 is 11.7 Å². The molecule has 0 fully saturated rings. The van der Waals surface area contributed by atoms with Gasteiger partial charge in [-0.05, 0) is 39.8 Å². The van der Waals surface area contributed by atoms with Crippen LogP contribution in [0.5, 0.6) is 5.75 Å². The number of nitrogens with zero attached hydrogens (tertiary/aromatic N) is 1. The van der Waals surface area contributed by atoms with Gasteiger partial charge >= 0.3 is 5.97 Å². The quantitative estimate of drug-likeness (QED) is 0.822. The number of rotatable bonds is 7. The number of carboxylic acid groups (broad SMARTS) is 1. The molecule has 0 saturated carbocycles. The summed E-state index contributed by atoms with van der Waals surface area (Å²) >= 11 is 0. The summed E-state index contributed by atoms with van der Waals surface area (Å²) in [6.07, 6.45) is 0.211. The summed E-state index contributed by atoms with van der Waals surface area (Å²) in [5, 5.41) is 8.85. The fourth-order valence-corrected chi connectivity index (χ4v) is 1.92. The van der Waals surface area contributed by atoms with Gasteiger partial charge in [0.05, 0.1) is 18.2 Å². The van der Waals surface area contributed by atoms with Crippen LogP contribution in [-0.2, 0) is 4.79 Å². The van der Waals surface area contributed by atoms with E-state index in [1.165, 1.54) is 0 Å². The van der Waals surface area contributed by atoms with Crippen LogP contribution in [0.3, 0.4) is 0 Å². The molecule has 1 N–H and O–H groups in total. The number of anilines is 1. The molecule has 0 spiro atoms. The zero-order valence-corrected chi connectivity index (χ0v) is 12.1. The topological polar surface area (TPSA) is 49.8 Å². The molecule has 0 saturated heterocycles. The van der Waals surface area contributed by atoms with Gasteiger partial charge in [-0.1, -0.05) is 12.1 Å². The van der Waals surface area contributed by atoms with Crippen LogP contribution >= 0.6 is 0 Å². The fraction of sp³-hybridized carbons (Fsp3) is 0.533. The van der Waals surface area contributed by atoms with E-state index in [1.807, 2.05) is 52.0 Å². The highest BCUT2D eigenvalue weighted by molar-refractivity contribution is 5.68. The molecule has 0 heterocycles. The van der Waals surface area contributed by atoms with Crippen molar-refractivity contribution < 1.29 is 14.6 Å². The first-order valence-corrected chi connectivity index (χ1v) is 6.66. The van der Waals surface area contributed by atoms with Gasteiger partial charge in [0.1, 0.15) is 5.75 Å². The fourth-order valence-electron chi connectivity index (χ4n) is 1.92. The lowest BCUT2D eigenvalue weighted by molar-refractivity contribution is -0.136. The maximum absolute atomic E-state index is 10.8. The average Bonchev–Trinajstić information content (AvgIpc) is 2.29. The van der Waals surface area contributed by atoms with Crippen LogP contribution in [0.4, 0.5) is 5.69 Å². The minimum absolute atomic E-state index is 0.0923. The molecular formula is C15H23NO3. The van der Waals surface area contributed by atoms with Gasteiger partial charge in [-0.2, -0.15) is 0 Å². The van der Waals surface area contributed by atoms with Gasteiger partial charge in [-0.15, -0.1) is 0 Å². The zero-order chi connectivity index (χ0) is 14.4. The Kier molecular flexibility index (Phi) is 5.67. The zero-order valence-electron chi connectivity index (χ0n) is 12.1. The van der Waals surface area contributed by atoms with Crippen LogP contribution in [0.25, 0.3) is 0 Å².